The van der Waals surface area contributed by atoms with Crippen molar-refractivity contribution in [2.24, 2.45) is 0 Å². The molecule has 0 bridgehead atoms. The summed E-state index contributed by atoms with van der Waals surface area (Å²) in [7, 11) is 3.02. The summed E-state index contributed by atoms with van der Waals surface area (Å²) >= 11 is 6.99. The average molecular weight is 540 g/mol. The third kappa shape index (κ3) is 4.39. The average Bonchev–Trinajstić information content (AvgIpc) is 3.21. The first kappa shape index (κ1) is 22.0. The van der Waals surface area contributed by atoms with E-state index in [0.717, 1.165) is 5.56 Å². The molecule has 0 aliphatic heterocycles. The number of alkyl halides is 2. The molecule has 0 spiro atoms. The van der Waals surface area contributed by atoms with E-state index >= 15 is 0 Å². The molecule has 3 aromatic rings. The van der Waals surface area contributed by atoms with Crippen LogP contribution in [0.2, 0.25) is 0 Å². The zero-order valence-corrected chi connectivity index (χ0v) is 19.0. The number of nitro groups is 1. The van der Waals surface area contributed by atoms with Gasteiger partial charge in [-0.25, -0.2) is 0 Å². The zero-order chi connectivity index (χ0) is 21.8. The summed E-state index contributed by atoms with van der Waals surface area (Å²) in [5.74, 6) is 0.595. The minimum atomic E-state index is -0.718. The maximum Gasteiger partial charge on any atom is 0.315 e. The second-order valence-electron chi connectivity index (χ2n) is 6.14. The Kier molecular flexibility index (Phi) is 6.88. The van der Waals surface area contributed by atoms with Crippen molar-refractivity contribution >= 4 is 43.3 Å². The van der Waals surface area contributed by atoms with Crippen LogP contribution in [0.15, 0.2) is 53.1 Å². The third-order valence-corrected chi connectivity index (χ3v) is 7.03. The third-order valence-electron chi connectivity index (χ3n) is 4.39. The molecule has 0 fully saturated rings. The molecule has 0 amide bonds. The van der Waals surface area contributed by atoms with Gasteiger partial charge in [-0.3, -0.25) is 14.9 Å². The number of methoxy groups -OCH3 is 2. The van der Waals surface area contributed by atoms with Gasteiger partial charge in [0, 0.05) is 23.3 Å². The van der Waals surface area contributed by atoms with E-state index in [0.29, 0.717) is 22.6 Å². The number of aromatic nitrogens is 1. The highest BCUT2D eigenvalue weighted by molar-refractivity contribution is 9.12. The Morgan fingerprint density at radius 3 is 2.23 bits per heavy atom. The quantitative estimate of drug-likeness (QED) is 0.164. The number of ketones is 1. The monoisotopic (exact) mass is 538 g/mol. The van der Waals surface area contributed by atoms with Gasteiger partial charge in [0.1, 0.15) is 11.4 Å². The SMILES string of the molecule is COc1ccc(-c2noc(OC)c2C(Br)C(Br)C(=O)c2ccc([N+](=O)[O-])cc2)cc1. The highest BCUT2D eigenvalue weighted by atomic mass is 79.9. The van der Waals surface area contributed by atoms with Crippen LogP contribution in [0.1, 0.15) is 20.7 Å². The van der Waals surface area contributed by atoms with Crippen LogP contribution in [0.5, 0.6) is 11.7 Å². The molecule has 30 heavy (non-hydrogen) atoms. The highest BCUT2D eigenvalue weighted by Gasteiger charge is 2.33. The lowest BCUT2D eigenvalue weighted by molar-refractivity contribution is -0.384. The van der Waals surface area contributed by atoms with Gasteiger partial charge in [0.25, 0.3) is 5.69 Å². The number of nitrogens with zero attached hydrogens (tertiary/aromatic N) is 2. The molecule has 0 aliphatic rings. The molecule has 3 rings (SSSR count). The molecule has 0 saturated heterocycles. The van der Waals surface area contributed by atoms with Gasteiger partial charge >= 0.3 is 5.95 Å². The molecule has 1 heterocycles. The number of hydrogen-bond acceptors (Lipinski definition) is 7. The first-order chi connectivity index (χ1) is 14.4. The normalized spacial score (nSPS) is 12.8. The number of halogens is 2. The number of carbonyl (C=O) groups excluding carboxylic acids is 1. The summed E-state index contributed by atoms with van der Waals surface area (Å²) in [4.78, 5) is 22.0. The van der Waals surface area contributed by atoms with Crippen LogP contribution in [-0.4, -0.2) is 34.9 Å². The Labute approximate surface area is 188 Å². The van der Waals surface area contributed by atoms with E-state index in [1.165, 1.54) is 31.4 Å². The molecule has 2 aromatic carbocycles. The predicted molar refractivity (Wildman–Crippen MR) is 117 cm³/mol. The second-order valence-corrected chi connectivity index (χ2v) is 8.11. The molecule has 1 aromatic heterocycles. The topological polar surface area (TPSA) is 105 Å². The van der Waals surface area contributed by atoms with E-state index in [2.05, 4.69) is 37.0 Å². The van der Waals surface area contributed by atoms with Crippen molar-refractivity contribution in [2.75, 3.05) is 14.2 Å². The number of carbonyl (C=O) groups is 1. The lowest BCUT2D eigenvalue weighted by atomic mass is 9.99. The van der Waals surface area contributed by atoms with Crippen molar-refractivity contribution in [1.82, 2.24) is 5.16 Å². The molecule has 2 unspecified atom stereocenters. The number of ether oxygens (including phenoxy) is 2. The Morgan fingerprint density at radius 2 is 1.70 bits per heavy atom. The van der Waals surface area contributed by atoms with Crippen LogP contribution >= 0.6 is 31.9 Å². The molecular formula is C20H16Br2N2O6. The van der Waals surface area contributed by atoms with E-state index < -0.39 is 14.6 Å². The maximum absolute atomic E-state index is 12.9. The van der Waals surface area contributed by atoms with Gasteiger partial charge in [-0.1, -0.05) is 37.0 Å². The Balaban J connectivity index is 1.92. The van der Waals surface area contributed by atoms with Gasteiger partial charge in [0.15, 0.2) is 5.78 Å². The van der Waals surface area contributed by atoms with Gasteiger partial charge in [0.05, 0.1) is 34.4 Å². The molecular weight excluding hydrogens is 524 g/mol. The van der Waals surface area contributed by atoms with Crippen molar-refractivity contribution in [1.29, 1.82) is 0 Å². The lowest BCUT2D eigenvalue weighted by Gasteiger charge is -2.16. The predicted octanol–water partition coefficient (Wildman–Crippen LogP) is 5.35. The van der Waals surface area contributed by atoms with E-state index in [4.69, 9.17) is 14.0 Å². The van der Waals surface area contributed by atoms with Crippen molar-refractivity contribution in [3.05, 3.63) is 69.8 Å². The van der Waals surface area contributed by atoms with Crippen LogP contribution in [0.25, 0.3) is 11.3 Å². The molecule has 0 radical (unpaired) electrons. The van der Waals surface area contributed by atoms with Crippen LogP contribution in [0.3, 0.4) is 0 Å². The van der Waals surface area contributed by atoms with Crippen LogP contribution < -0.4 is 9.47 Å². The van der Waals surface area contributed by atoms with Crippen LogP contribution in [-0.2, 0) is 0 Å². The largest absolute Gasteiger partial charge is 0.497 e. The van der Waals surface area contributed by atoms with E-state index in [9.17, 15) is 14.9 Å². The van der Waals surface area contributed by atoms with E-state index in [-0.39, 0.29) is 17.4 Å². The van der Waals surface area contributed by atoms with Gasteiger partial charge in [-0.2, -0.15) is 0 Å². The van der Waals surface area contributed by atoms with Gasteiger partial charge in [0.2, 0.25) is 0 Å². The molecule has 0 aliphatic carbocycles. The zero-order valence-electron chi connectivity index (χ0n) is 15.9. The van der Waals surface area contributed by atoms with Crippen molar-refractivity contribution in [3.63, 3.8) is 0 Å². The molecule has 2 atom stereocenters. The first-order valence-corrected chi connectivity index (χ1v) is 10.4. The fourth-order valence-corrected chi connectivity index (χ4v) is 3.99. The maximum atomic E-state index is 12.9. The van der Waals surface area contributed by atoms with E-state index in [1.807, 2.05) is 12.1 Å². The minimum absolute atomic E-state index is 0.0874. The Morgan fingerprint density at radius 1 is 1.07 bits per heavy atom. The Bertz CT molecular complexity index is 1050. The number of rotatable bonds is 8. The van der Waals surface area contributed by atoms with E-state index in [1.54, 1.807) is 19.2 Å². The highest BCUT2D eigenvalue weighted by Crippen LogP contribution is 2.44. The minimum Gasteiger partial charge on any atom is -0.497 e. The fraction of sp³-hybridized carbons (Fsp3) is 0.200. The van der Waals surface area contributed by atoms with Gasteiger partial charge in [-0.05, 0) is 36.4 Å². The van der Waals surface area contributed by atoms with Gasteiger partial charge in [-0.15, -0.1) is 0 Å². The number of benzene rings is 2. The molecule has 10 heteroatoms. The lowest BCUT2D eigenvalue weighted by Crippen LogP contribution is -2.19. The molecule has 8 nitrogen and oxygen atoms in total. The van der Waals surface area contributed by atoms with Crippen LogP contribution in [0.4, 0.5) is 5.69 Å². The summed E-state index contributed by atoms with van der Waals surface area (Å²) < 4.78 is 15.8. The molecule has 0 saturated carbocycles. The summed E-state index contributed by atoms with van der Waals surface area (Å²) in [6.07, 6.45) is 0. The van der Waals surface area contributed by atoms with Crippen molar-refractivity contribution < 1.29 is 23.7 Å². The fourth-order valence-electron chi connectivity index (χ4n) is 2.82. The van der Waals surface area contributed by atoms with Crippen molar-refractivity contribution in [2.45, 2.75) is 9.65 Å². The standard InChI is InChI=1S/C20H16Br2N2O6/c1-28-14-9-5-11(6-10-14)18-15(20(29-2)30-23-18)16(21)17(22)19(25)12-3-7-13(8-4-12)24(26)27/h3-10,16-17H,1-2H3. The summed E-state index contributed by atoms with van der Waals surface area (Å²) in [5, 5.41) is 14.9. The number of hydrogen-bond donors (Lipinski definition) is 0. The van der Waals surface area contributed by atoms with Gasteiger partial charge < -0.3 is 14.0 Å². The van der Waals surface area contributed by atoms with Crippen molar-refractivity contribution in [3.8, 4) is 23.0 Å². The molecule has 0 N–H and O–H groups in total. The summed E-state index contributed by atoms with van der Waals surface area (Å²) in [6, 6.07) is 12.6. The number of non-ortho nitro benzene ring substituents is 1. The second kappa shape index (κ2) is 9.40. The van der Waals surface area contributed by atoms with Crippen LogP contribution in [0, 0.1) is 10.1 Å². The number of Topliss-reactive ketones (excluding diaryl/α,β-unsaturated/α-hetero) is 1. The first-order valence-electron chi connectivity index (χ1n) is 8.62. The number of nitro benzene ring substituents is 1. The molecule has 156 valence electrons. The smallest absolute Gasteiger partial charge is 0.315 e. The summed E-state index contributed by atoms with van der Waals surface area (Å²) in [5.41, 5.74) is 2.06. The summed E-state index contributed by atoms with van der Waals surface area (Å²) in [6.45, 7) is 0. The Hall–Kier alpha value is -2.72.